The normalized spacial score (nSPS) is 27.8. The lowest BCUT2D eigenvalue weighted by Crippen LogP contribution is -2.49. The van der Waals surface area contributed by atoms with Crippen molar-refractivity contribution in [2.24, 2.45) is 0 Å². The second-order valence-corrected chi connectivity index (χ2v) is 5.07. The average Bonchev–Trinajstić information content (AvgIpc) is 2.54. The van der Waals surface area contributed by atoms with Gasteiger partial charge in [0.15, 0.2) is 0 Å². The van der Waals surface area contributed by atoms with Crippen molar-refractivity contribution in [3.8, 4) is 0 Å². The van der Waals surface area contributed by atoms with E-state index in [1.165, 1.54) is 12.8 Å². The van der Waals surface area contributed by atoms with Crippen molar-refractivity contribution in [2.75, 3.05) is 6.54 Å². The Morgan fingerprint density at radius 2 is 1.94 bits per heavy atom. The van der Waals surface area contributed by atoms with E-state index in [-0.39, 0.29) is 11.9 Å². The van der Waals surface area contributed by atoms with Gasteiger partial charge in [-0.15, -0.1) is 0 Å². The second kappa shape index (κ2) is 5.48. The van der Waals surface area contributed by atoms with E-state index < -0.39 is 0 Å². The van der Waals surface area contributed by atoms with Gasteiger partial charge in [0.1, 0.15) is 0 Å². The van der Waals surface area contributed by atoms with Gasteiger partial charge in [-0.2, -0.15) is 0 Å². The Balaban J connectivity index is 2.52. The van der Waals surface area contributed by atoms with Crippen LogP contribution in [-0.2, 0) is 4.79 Å². The Labute approximate surface area is 98.9 Å². The maximum Gasteiger partial charge on any atom is 0.237 e. The molecule has 92 valence electrons. The summed E-state index contributed by atoms with van der Waals surface area (Å²) in [5.41, 5.74) is 0.989. The minimum atomic E-state index is -0.0353. The van der Waals surface area contributed by atoms with Crippen LogP contribution in [0.1, 0.15) is 40.5 Å². The fraction of sp³-hybridized carbons (Fsp3) is 0.769. The van der Waals surface area contributed by atoms with Crippen molar-refractivity contribution >= 4 is 5.91 Å². The van der Waals surface area contributed by atoms with Gasteiger partial charge < -0.3 is 5.32 Å². The smallest absolute Gasteiger partial charge is 0.237 e. The van der Waals surface area contributed by atoms with Gasteiger partial charge in [-0.1, -0.05) is 12.2 Å². The number of carbonyl (C=O) groups excluding carboxylic acids is 1. The highest BCUT2D eigenvalue weighted by molar-refractivity contribution is 5.81. The molecule has 1 aliphatic rings. The van der Waals surface area contributed by atoms with Crippen molar-refractivity contribution in [3.63, 3.8) is 0 Å². The SMILES string of the molecule is C=C(C)CNC(=O)C(C)N1C(C)CCC1C. The topological polar surface area (TPSA) is 32.3 Å². The summed E-state index contributed by atoms with van der Waals surface area (Å²) in [5, 5.41) is 2.92. The molecule has 1 heterocycles. The first-order valence-electron chi connectivity index (χ1n) is 6.13. The molecule has 1 rings (SSSR count). The third-order valence-electron chi connectivity index (χ3n) is 3.41. The predicted octanol–water partition coefficient (Wildman–Crippen LogP) is 1.94. The Bertz CT molecular complexity index is 265. The molecule has 3 unspecified atom stereocenters. The molecule has 1 aliphatic heterocycles. The minimum Gasteiger partial charge on any atom is -0.351 e. The molecule has 1 amide bonds. The highest BCUT2D eigenvalue weighted by Crippen LogP contribution is 2.25. The summed E-state index contributed by atoms with van der Waals surface area (Å²) in [6.07, 6.45) is 2.39. The summed E-state index contributed by atoms with van der Waals surface area (Å²) in [6.45, 7) is 12.7. The van der Waals surface area contributed by atoms with E-state index in [4.69, 9.17) is 0 Å². The molecule has 0 aromatic heterocycles. The maximum atomic E-state index is 11.9. The second-order valence-electron chi connectivity index (χ2n) is 5.07. The summed E-state index contributed by atoms with van der Waals surface area (Å²) >= 11 is 0. The van der Waals surface area contributed by atoms with Crippen LogP contribution in [0.15, 0.2) is 12.2 Å². The van der Waals surface area contributed by atoms with Gasteiger partial charge in [0.25, 0.3) is 0 Å². The first kappa shape index (κ1) is 13.2. The Morgan fingerprint density at radius 1 is 1.44 bits per heavy atom. The van der Waals surface area contributed by atoms with Gasteiger partial charge in [0, 0.05) is 18.6 Å². The van der Waals surface area contributed by atoms with E-state index in [1.54, 1.807) is 0 Å². The molecule has 1 fully saturated rings. The molecular formula is C13H24N2O. The van der Waals surface area contributed by atoms with E-state index in [0.717, 1.165) is 5.57 Å². The molecule has 0 aromatic rings. The summed E-state index contributed by atoms with van der Waals surface area (Å²) in [5.74, 6) is 0.114. The lowest BCUT2D eigenvalue weighted by Gasteiger charge is -2.31. The van der Waals surface area contributed by atoms with Crippen molar-refractivity contribution in [2.45, 2.75) is 58.7 Å². The van der Waals surface area contributed by atoms with Crippen LogP contribution >= 0.6 is 0 Å². The lowest BCUT2D eigenvalue weighted by atomic mass is 10.2. The van der Waals surface area contributed by atoms with Crippen LogP contribution in [-0.4, -0.2) is 35.5 Å². The number of carbonyl (C=O) groups is 1. The summed E-state index contributed by atoms with van der Waals surface area (Å²) in [4.78, 5) is 14.2. The van der Waals surface area contributed by atoms with E-state index in [2.05, 4.69) is 30.6 Å². The maximum absolute atomic E-state index is 11.9. The zero-order valence-corrected chi connectivity index (χ0v) is 10.9. The van der Waals surface area contributed by atoms with Gasteiger partial charge in [-0.3, -0.25) is 9.69 Å². The third kappa shape index (κ3) is 3.08. The number of rotatable bonds is 4. The molecule has 0 spiro atoms. The molecule has 3 atom stereocenters. The number of amides is 1. The molecule has 1 saturated heterocycles. The molecule has 3 nitrogen and oxygen atoms in total. The van der Waals surface area contributed by atoms with E-state index in [1.807, 2.05) is 13.8 Å². The predicted molar refractivity (Wildman–Crippen MR) is 67.3 cm³/mol. The van der Waals surface area contributed by atoms with Crippen LogP contribution in [0.3, 0.4) is 0 Å². The number of nitrogens with zero attached hydrogens (tertiary/aromatic N) is 1. The fourth-order valence-corrected chi connectivity index (χ4v) is 2.50. The van der Waals surface area contributed by atoms with Crippen molar-refractivity contribution in [1.29, 1.82) is 0 Å². The molecule has 1 N–H and O–H groups in total. The monoisotopic (exact) mass is 224 g/mol. The van der Waals surface area contributed by atoms with Crippen LogP contribution in [0.25, 0.3) is 0 Å². The zero-order valence-electron chi connectivity index (χ0n) is 10.9. The summed E-state index contributed by atoms with van der Waals surface area (Å²) < 4.78 is 0. The summed E-state index contributed by atoms with van der Waals surface area (Å²) in [6, 6.07) is 0.994. The zero-order chi connectivity index (χ0) is 12.3. The van der Waals surface area contributed by atoms with E-state index >= 15 is 0 Å². The Hall–Kier alpha value is -0.830. The number of hydrogen-bond acceptors (Lipinski definition) is 2. The van der Waals surface area contributed by atoms with E-state index in [0.29, 0.717) is 18.6 Å². The number of likely N-dealkylation sites (tertiary alicyclic amines) is 1. The van der Waals surface area contributed by atoms with Crippen LogP contribution < -0.4 is 5.32 Å². The van der Waals surface area contributed by atoms with Gasteiger partial charge in [-0.25, -0.2) is 0 Å². The van der Waals surface area contributed by atoms with Crippen molar-refractivity contribution in [1.82, 2.24) is 10.2 Å². The first-order valence-corrected chi connectivity index (χ1v) is 6.13. The average molecular weight is 224 g/mol. The van der Waals surface area contributed by atoms with E-state index in [9.17, 15) is 4.79 Å². The Morgan fingerprint density at radius 3 is 2.38 bits per heavy atom. The first-order chi connectivity index (χ1) is 7.43. The summed E-state index contributed by atoms with van der Waals surface area (Å²) in [7, 11) is 0. The third-order valence-corrected chi connectivity index (χ3v) is 3.41. The Kier molecular flexibility index (Phi) is 4.54. The molecular weight excluding hydrogens is 200 g/mol. The van der Waals surface area contributed by atoms with Gasteiger partial charge >= 0.3 is 0 Å². The molecule has 16 heavy (non-hydrogen) atoms. The van der Waals surface area contributed by atoms with Crippen molar-refractivity contribution < 1.29 is 4.79 Å². The quantitative estimate of drug-likeness (QED) is 0.740. The lowest BCUT2D eigenvalue weighted by molar-refractivity contribution is -0.126. The van der Waals surface area contributed by atoms with Crippen LogP contribution in [0.2, 0.25) is 0 Å². The molecule has 0 bridgehead atoms. The van der Waals surface area contributed by atoms with Gasteiger partial charge in [0.2, 0.25) is 5.91 Å². The molecule has 0 aromatic carbocycles. The van der Waals surface area contributed by atoms with Crippen LogP contribution in [0, 0.1) is 0 Å². The van der Waals surface area contributed by atoms with Gasteiger partial charge in [0.05, 0.1) is 6.04 Å². The molecule has 0 radical (unpaired) electrons. The largest absolute Gasteiger partial charge is 0.351 e. The van der Waals surface area contributed by atoms with Crippen molar-refractivity contribution in [3.05, 3.63) is 12.2 Å². The number of nitrogens with one attached hydrogen (secondary N) is 1. The highest BCUT2D eigenvalue weighted by atomic mass is 16.2. The number of hydrogen-bond donors (Lipinski definition) is 1. The molecule has 0 saturated carbocycles. The fourth-order valence-electron chi connectivity index (χ4n) is 2.50. The standard InChI is InChI=1S/C13H24N2O/c1-9(2)8-14-13(16)12(5)15-10(3)6-7-11(15)4/h10-12H,1,6-8H2,2-5H3,(H,14,16). The molecule has 0 aliphatic carbocycles. The highest BCUT2D eigenvalue weighted by Gasteiger charge is 2.33. The van der Waals surface area contributed by atoms with Crippen LogP contribution in [0.5, 0.6) is 0 Å². The van der Waals surface area contributed by atoms with Gasteiger partial charge in [-0.05, 0) is 40.5 Å². The minimum absolute atomic E-state index is 0.0353. The molecule has 3 heteroatoms. The van der Waals surface area contributed by atoms with Crippen LogP contribution in [0.4, 0.5) is 0 Å².